The predicted octanol–water partition coefficient (Wildman–Crippen LogP) is 3.17. The lowest BCUT2D eigenvalue weighted by Crippen LogP contribution is -2.42. The van der Waals surface area contributed by atoms with E-state index >= 15 is 0 Å². The molecule has 0 aliphatic carbocycles. The van der Waals surface area contributed by atoms with Crippen molar-refractivity contribution in [2.24, 2.45) is 0 Å². The fourth-order valence-electron chi connectivity index (χ4n) is 2.94. The van der Waals surface area contributed by atoms with Gasteiger partial charge in [-0.1, -0.05) is 12.1 Å². The average molecular weight is 346 g/mol. The van der Waals surface area contributed by atoms with Crippen LogP contribution in [0.4, 0.5) is 14.5 Å². The summed E-state index contributed by atoms with van der Waals surface area (Å²) in [5.41, 5.74) is 1.85. The topological polar surface area (TPSA) is 52.6 Å². The lowest BCUT2D eigenvalue weighted by Gasteiger charge is -2.30. The Labute approximate surface area is 145 Å². The van der Waals surface area contributed by atoms with Crippen LogP contribution < -0.4 is 5.32 Å². The van der Waals surface area contributed by atoms with E-state index in [1.807, 2.05) is 6.07 Å². The number of hydrogen-bond acceptors (Lipinski definition) is 3. The van der Waals surface area contributed by atoms with Crippen LogP contribution in [0, 0.1) is 11.6 Å². The van der Waals surface area contributed by atoms with Crippen LogP contribution in [0.3, 0.4) is 0 Å². The van der Waals surface area contributed by atoms with Gasteiger partial charge in [0.1, 0.15) is 0 Å². The Hall–Kier alpha value is -2.47. The number of hydrogen-bond donors (Lipinski definition) is 2. The van der Waals surface area contributed by atoms with Crippen molar-refractivity contribution in [3.63, 3.8) is 0 Å². The Kier molecular flexibility index (Phi) is 5.28. The fourth-order valence-corrected chi connectivity index (χ4v) is 2.94. The summed E-state index contributed by atoms with van der Waals surface area (Å²) in [5.74, 6) is -1.87. The second kappa shape index (κ2) is 7.61. The summed E-state index contributed by atoms with van der Waals surface area (Å²) in [4.78, 5) is 14.2. The molecule has 1 heterocycles. The fraction of sp³-hybridized carbons (Fsp3) is 0.316. The van der Waals surface area contributed by atoms with Gasteiger partial charge >= 0.3 is 0 Å². The molecule has 1 unspecified atom stereocenters. The molecule has 3 rings (SSSR count). The summed E-state index contributed by atoms with van der Waals surface area (Å²) >= 11 is 0. The van der Waals surface area contributed by atoms with Gasteiger partial charge in [-0.25, -0.2) is 8.78 Å². The van der Waals surface area contributed by atoms with Crippen molar-refractivity contribution in [3.8, 4) is 0 Å². The molecule has 2 N–H and O–H groups in total. The van der Waals surface area contributed by atoms with E-state index < -0.39 is 17.7 Å². The number of likely N-dealkylation sites (tertiary alicyclic amines) is 1. The molecule has 1 atom stereocenters. The van der Waals surface area contributed by atoms with E-state index in [1.165, 1.54) is 6.07 Å². The molecule has 1 saturated heterocycles. The Morgan fingerprint density at radius 1 is 1.20 bits per heavy atom. The zero-order valence-electron chi connectivity index (χ0n) is 13.7. The summed E-state index contributed by atoms with van der Waals surface area (Å²) in [7, 11) is 0. The van der Waals surface area contributed by atoms with Crippen LogP contribution in [0.25, 0.3) is 0 Å². The van der Waals surface area contributed by atoms with Crippen LogP contribution >= 0.6 is 0 Å². The summed E-state index contributed by atoms with van der Waals surface area (Å²) < 4.78 is 26.2. The predicted molar refractivity (Wildman–Crippen MR) is 91.3 cm³/mol. The zero-order chi connectivity index (χ0) is 17.8. The van der Waals surface area contributed by atoms with Gasteiger partial charge in [-0.2, -0.15) is 0 Å². The highest BCUT2D eigenvalue weighted by atomic mass is 19.2. The number of nitrogens with zero attached hydrogens (tertiary/aromatic N) is 1. The largest absolute Gasteiger partial charge is 0.391 e. The molecule has 1 aliphatic heterocycles. The third-order valence-corrected chi connectivity index (χ3v) is 4.27. The van der Waals surface area contributed by atoms with Crippen molar-refractivity contribution >= 4 is 11.6 Å². The highest BCUT2D eigenvalue weighted by molar-refractivity contribution is 5.95. The standard InChI is InChI=1S/C19H20F2N2O2/c20-17-7-6-13(9-18(17)21)11-22-15-4-1-3-14(10-15)19(25)23-8-2-5-16(24)12-23/h1,3-4,6-7,9-10,16,22,24H,2,5,8,11-12H2. The molecule has 0 aromatic heterocycles. The second-order valence-corrected chi connectivity index (χ2v) is 6.23. The van der Waals surface area contributed by atoms with E-state index in [4.69, 9.17) is 0 Å². The number of amides is 1. The SMILES string of the molecule is O=C(c1cccc(NCc2ccc(F)c(F)c2)c1)N1CCCC(O)C1. The van der Waals surface area contributed by atoms with Gasteiger partial charge < -0.3 is 15.3 Å². The molecule has 132 valence electrons. The number of aliphatic hydroxyl groups excluding tert-OH is 1. The van der Waals surface area contributed by atoms with Gasteiger partial charge in [0.05, 0.1) is 6.10 Å². The Morgan fingerprint density at radius 3 is 2.80 bits per heavy atom. The molecule has 2 aromatic carbocycles. The minimum Gasteiger partial charge on any atom is -0.391 e. The van der Waals surface area contributed by atoms with Crippen molar-refractivity contribution in [1.29, 1.82) is 0 Å². The first kappa shape index (κ1) is 17.4. The number of carbonyl (C=O) groups excluding carboxylic acids is 1. The number of benzene rings is 2. The van der Waals surface area contributed by atoms with Crippen LogP contribution in [-0.2, 0) is 6.54 Å². The minimum absolute atomic E-state index is 0.116. The zero-order valence-corrected chi connectivity index (χ0v) is 13.7. The van der Waals surface area contributed by atoms with Crippen LogP contribution in [0.5, 0.6) is 0 Å². The van der Waals surface area contributed by atoms with E-state index in [9.17, 15) is 18.7 Å². The van der Waals surface area contributed by atoms with Gasteiger partial charge in [0.2, 0.25) is 0 Å². The molecule has 0 saturated carbocycles. The first-order valence-corrected chi connectivity index (χ1v) is 8.28. The number of piperidine rings is 1. The molecular formula is C19H20F2N2O2. The monoisotopic (exact) mass is 346 g/mol. The summed E-state index contributed by atoms with van der Waals surface area (Å²) in [5, 5.41) is 12.8. The van der Waals surface area contributed by atoms with E-state index in [2.05, 4.69) is 5.32 Å². The first-order chi connectivity index (χ1) is 12.0. The van der Waals surface area contributed by atoms with Gasteiger partial charge in [-0.3, -0.25) is 4.79 Å². The average Bonchev–Trinajstić information content (AvgIpc) is 2.62. The van der Waals surface area contributed by atoms with Gasteiger partial charge in [-0.15, -0.1) is 0 Å². The summed E-state index contributed by atoms with van der Waals surface area (Å²) in [6.45, 7) is 1.31. The van der Waals surface area contributed by atoms with Gasteiger partial charge in [0, 0.05) is 30.9 Å². The van der Waals surface area contributed by atoms with E-state index in [1.54, 1.807) is 23.1 Å². The molecule has 2 aromatic rings. The molecule has 0 spiro atoms. The lowest BCUT2D eigenvalue weighted by molar-refractivity contribution is 0.0474. The first-order valence-electron chi connectivity index (χ1n) is 8.28. The van der Waals surface area contributed by atoms with Gasteiger partial charge in [0.15, 0.2) is 11.6 Å². The van der Waals surface area contributed by atoms with Crippen LogP contribution in [0.1, 0.15) is 28.8 Å². The van der Waals surface area contributed by atoms with Gasteiger partial charge in [-0.05, 0) is 48.7 Å². The Morgan fingerprint density at radius 2 is 2.04 bits per heavy atom. The van der Waals surface area contributed by atoms with Crippen molar-refractivity contribution in [2.45, 2.75) is 25.5 Å². The van der Waals surface area contributed by atoms with E-state index in [0.717, 1.165) is 25.0 Å². The molecular weight excluding hydrogens is 326 g/mol. The van der Waals surface area contributed by atoms with Crippen molar-refractivity contribution in [2.75, 3.05) is 18.4 Å². The molecule has 1 fully saturated rings. The molecule has 25 heavy (non-hydrogen) atoms. The normalized spacial score (nSPS) is 17.4. The molecule has 0 radical (unpaired) electrons. The number of aliphatic hydroxyl groups is 1. The maximum Gasteiger partial charge on any atom is 0.254 e. The van der Waals surface area contributed by atoms with Crippen LogP contribution in [-0.4, -0.2) is 35.1 Å². The molecule has 6 heteroatoms. The highest BCUT2D eigenvalue weighted by Gasteiger charge is 2.23. The molecule has 0 bridgehead atoms. The number of rotatable bonds is 4. The molecule has 1 aliphatic rings. The number of halogens is 2. The quantitative estimate of drug-likeness (QED) is 0.894. The van der Waals surface area contributed by atoms with Crippen molar-refractivity contribution in [1.82, 2.24) is 4.90 Å². The maximum atomic E-state index is 13.2. The third-order valence-electron chi connectivity index (χ3n) is 4.27. The lowest BCUT2D eigenvalue weighted by atomic mass is 10.1. The number of nitrogens with one attached hydrogen (secondary N) is 1. The smallest absolute Gasteiger partial charge is 0.254 e. The van der Waals surface area contributed by atoms with Crippen LogP contribution in [0.15, 0.2) is 42.5 Å². The second-order valence-electron chi connectivity index (χ2n) is 6.23. The number of carbonyl (C=O) groups is 1. The maximum absolute atomic E-state index is 13.2. The summed E-state index contributed by atoms with van der Waals surface area (Å²) in [6.07, 6.45) is 1.05. The van der Waals surface area contributed by atoms with E-state index in [0.29, 0.717) is 36.4 Å². The van der Waals surface area contributed by atoms with Crippen molar-refractivity contribution < 1.29 is 18.7 Å². The number of anilines is 1. The van der Waals surface area contributed by atoms with Crippen LogP contribution in [0.2, 0.25) is 0 Å². The Bertz CT molecular complexity index is 767. The third kappa shape index (κ3) is 4.33. The molecule has 1 amide bonds. The Balaban J connectivity index is 1.66. The van der Waals surface area contributed by atoms with Gasteiger partial charge in [0.25, 0.3) is 5.91 Å². The van der Waals surface area contributed by atoms with Crippen molar-refractivity contribution in [3.05, 3.63) is 65.2 Å². The number of β-amino-alcohol motifs (C(OH)–C–C–N with tert-alkyl or cyclic N) is 1. The van der Waals surface area contributed by atoms with E-state index in [-0.39, 0.29) is 5.91 Å². The highest BCUT2D eigenvalue weighted by Crippen LogP contribution is 2.18. The molecule has 4 nitrogen and oxygen atoms in total. The minimum atomic E-state index is -0.883. The summed E-state index contributed by atoms with van der Waals surface area (Å²) in [6, 6.07) is 10.8.